The lowest BCUT2D eigenvalue weighted by atomic mass is 9.55. The fourth-order valence-electron chi connectivity index (χ4n) is 4.59. The Morgan fingerprint density at radius 3 is 2.00 bits per heavy atom. The summed E-state index contributed by atoms with van der Waals surface area (Å²) in [4.78, 5) is 0. The molecule has 0 radical (unpaired) electrons. The van der Waals surface area contributed by atoms with Crippen molar-refractivity contribution in [1.82, 2.24) is 0 Å². The SMILES string of the molecule is CC(C)(O)CCOC1C2CC3CC(C2)CC1C3. The zero-order valence-electron chi connectivity index (χ0n) is 11.2. The van der Waals surface area contributed by atoms with Crippen molar-refractivity contribution in [1.29, 1.82) is 0 Å². The second-order valence-electron chi connectivity index (χ2n) is 7.33. The summed E-state index contributed by atoms with van der Waals surface area (Å²) in [5, 5.41) is 9.72. The molecule has 2 nitrogen and oxygen atoms in total. The van der Waals surface area contributed by atoms with Crippen molar-refractivity contribution in [3.8, 4) is 0 Å². The van der Waals surface area contributed by atoms with Crippen LogP contribution in [-0.2, 0) is 4.74 Å². The van der Waals surface area contributed by atoms with Gasteiger partial charge in [-0.05, 0) is 76.0 Å². The van der Waals surface area contributed by atoms with Crippen LogP contribution in [0, 0.1) is 23.7 Å². The van der Waals surface area contributed by atoms with Crippen LogP contribution in [-0.4, -0.2) is 23.4 Å². The summed E-state index contributed by atoms with van der Waals surface area (Å²) in [6, 6.07) is 0. The molecule has 17 heavy (non-hydrogen) atoms. The third-order valence-corrected chi connectivity index (χ3v) is 5.16. The molecule has 4 rings (SSSR count). The molecule has 0 saturated heterocycles. The highest BCUT2D eigenvalue weighted by Gasteiger charge is 2.48. The molecule has 0 atom stereocenters. The van der Waals surface area contributed by atoms with Gasteiger partial charge in [-0.3, -0.25) is 0 Å². The zero-order chi connectivity index (χ0) is 12.0. The molecule has 0 unspecified atom stereocenters. The quantitative estimate of drug-likeness (QED) is 0.816. The second kappa shape index (κ2) is 4.24. The van der Waals surface area contributed by atoms with Crippen LogP contribution in [0.5, 0.6) is 0 Å². The zero-order valence-corrected chi connectivity index (χ0v) is 11.2. The summed E-state index contributed by atoms with van der Waals surface area (Å²) in [6.45, 7) is 4.47. The van der Waals surface area contributed by atoms with Gasteiger partial charge in [0, 0.05) is 6.61 Å². The Bertz CT molecular complexity index is 251. The number of hydrogen-bond acceptors (Lipinski definition) is 2. The Labute approximate surface area is 105 Å². The standard InChI is InChI=1S/C15H26O2/c1-15(2,16)3-4-17-14-12-6-10-5-11(8-12)9-13(14)7-10/h10-14,16H,3-9H2,1-2H3. The van der Waals surface area contributed by atoms with Gasteiger partial charge < -0.3 is 9.84 Å². The van der Waals surface area contributed by atoms with E-state index in [0.29, 0.717) is 6.10 Å². The summed E-state index contributed by atoms with van der Waals surface area (Å²) in [5.41, 5.74) is -0.577. The minimum atomic E-state index is -0.577. The van der Waals surface area contributed by atoms with E-state index in [9.17, 15) is 5.11 Å². The first-order chi connectivity index (χ1) is 8.01. The number of hydrogen-bond donors (Lipinski definition) is 1. The summed E-state index contributed by atoms with van der Waals surface area (Å²) in [5.74, 6) is 3.72. The number of ether oxygens (including phenoxy) is 1. The molecular weight excluding hydrogens is 212 g/mol. The van der Waals surface area contributed by atoms with Gasteiger partial charge in [0.25, 0.3) is 0 Å². The van der Waals surface area contributed by atoms with Crippen LogP contribution in [0.1, 0.15) is 52.4 Å². The smallest absolute Gasteiger partial charge is 0.0631 e. The second-order valence-corrected chi connectivity index (χ2v) is 7.33. The number of rotatable bonds is 4. The van der Waals surface area contributed by atoms with E-state index >= 15 is 0 Å². The minimum absolute atomic E-state index is 0.519. The highest BCUT2D eigenvalue weighted by atomic mass is 16.5. The first-order valence-electron chi connectivity index (χ1n) is 7.35. The molecule has 98 valence electrons. The third kappa shape index (κ3) is 2.53. The highest BCUT2D eigenvalue weighted by molar-refractivity contribution is 4.99. The van der Waals surface area contributed by atoms with Crippen molar-refractivity contribution >= 4 is 0 Å². The molecule has 4 aliphatic carbocycles. The number of aliphatic hydroxyl groups is 1. The lowest BCUT2D eigenvalue weighted by Crippen LogP contribution is -2.49. The predicted molar refractivity (Wildman–Crippen MR) is 67.7 cm³/mol. The van der Waals surface area contributed by atoms with Crippen molar-refractivity contribution in [3.05, 3.63) is 0 Å². The van der Waals surface area contributed by atoms with E-state index in [2.05, 4.69) is 0 Å². The van der Waals surface area contributed by atoms with Gasteiger partial charge in [0.05, 0.1) is 11.7 Å². The Balaban J connectivity index is 1.54. The molecule has 0 spiro atoms. The highest BCUT2D eigenvalue weighted by Crippen LogP contribution is 2.54. The molecule has 4 saturated carbocycles. The summed E-state index contributed by atoms with van der Waals surface area (Å²) in [6.07, 6.45) is 8.45. The first-order valence-corrected chi connectivity index (χ1v) is 7.35. The molecule has 0 aromatic heterocycles. The van der Waals surface area contributed by atoms with Gasteiger partial charge in [0.1, 0.15) is 0 Å². The van der Waals surface area contributed by atoms with Crippen LogP contribution in [0.2, 0.25) is 0 Å². The molecule has 0 aromatic rings. The van der Waals surface area contributed by atoms with Gasteiger partial charge >= 0.3 is 0 Å². The van der Waals surface area contributed by atoms with Crippen LogP contribution in [0.15, 0.2) is 0 Å². The molecule has 4 bridgehead atoms. The molecule has 1 N–H and O–H groups in total. The molecular formula is C15H26O2. The van der Waals surface area contributed by atoms with Crippen LogP contribution >= 0.6 is 0 Å². The topological polar surface area (TPSA) is 29.5 Å². The Morgan fingerprint density at radius 2 is 1.53 bits per heavy atom. The van der Waals surface area contributed by atoms with Gasteiger partial charge in [-0.2, -0.15) is 0 Å². The van der Waals surface area contributed by atoms with Crippen molar-refractivity contribution in [2.45, 2.75) is 64.1 Å². The van der Waals surface area contributed by atoms with Gasteiger partial charge in [-0.25, -0.2) is 0 Å². The van der Waals surface area contributed by atoms with E-state index in [1.54, 1.807) is 0 Å². The van der Waals surface area contributed by atoms with E-state index in [-0.39, 0.29) is 0 Å². The monoisotopic (exact) mass is 238 g/mol. The third-order valence-electron chi connectivity index (χ3n) is 5.16. The molecule has 0 amide bonds. The molecule has 4 aliphatic rings. The lowest BCUT2D eigenvalue weighted by molar-refractivity contribution is -0.132. The molecule has 4 fully saturated rings. The van der Waals surface area contributed by atoms with Crippen molar-refractivity contribution < 1.29 is 9.84 Å². The van der Waals surface area contributed by atoms with Gasteiger partial charge in [-0.1, -0.05) is 0 Å². The lowest BCUT2D eigenvalue weighted by Gasteiger charge is -2.54. The maximum absolute atomic E-state index is 9.72. The van der Waals surface area contributed by atoms with Crippen LogP contribution in [0.25, 0.3) is 0 Å². The Hall–Kier alpha value is -0.0800. The molecule has 0 heterocycles. The van der Waals surface area contributed by atoms with E-state index in [4.69, 9.17) is 4.74 Å². The van der Waals surface area contributed by atoms with Crippen LogP contribution < -0.4 is 0 Å². The summed E-state index contributed by atoms with van der Waals surface area (Å²) < 4.78 is 6.13. The maximum Gasteiger partial charge on any atom is 0.0631 e. The fourth-order valence-corrected chi connectivity index (χ4v) is 4.59. The van der Waals surface area contributed by atoms with Crippen LogP contribution in [0.4, 0.5) is 0 Å². The molecule has 2 heteroatoms. The van der Waals surface area contributed by atoms with E-state index in [1.807, 2.05) is 13.8 Å². The van der Waals surface area contributed by atoms with Gasteiger partial charge in [-0.15, -0.1) is 0 Å². The summed E-state index contributed by atoms with van der Waals surface area (Å²) in [7, 11) is 0. The first kappa shape index (κ1) is 12.0. The Morgan fingerprint density at radius 1 is 1.00 bits per heavy atom. The van der Waals surface area contributed by atoms with Crippen molar-refractivity contribution in [2.24, 2.45) is 23.7 Å². The predicted octanol–water partition coefficient (Wildman–Crippen LogP) is 2.99. The molecule has 0 aromatic carbocycles. The van der Waals surface area contributed by atoms with E-state index in [1.165, 1.54) is 32.1 Å². The van der Waals surface area contributed by atoms with E-state index in [0.717, 1.165) is 36.7 Å². The normalized spacial score (nSPS) is 44.3. The fraction of sp³-hybridized carbons (Fsp3) is 1.00. The van der Waals surface area contributed by atoms with Crippen LogP contribution in [0.3, 0.4) is 0 Å². The largest absolute Gasteiger partial charge is 0.390 e. The van der Waals surface area contributed by atoms with Gasteiger partial charge in [0.2, 0.25) is 0 Å². The molecule has 0 aliphatic heterocycles. The van der Waals surface area contributed by atoms with Crippen molar-refractivity contribution in [3.63, 3.8) is 0 Å². The maximum atomic E-state index is 9.72. The minimum Gasteiger partial charge on any atom is -0.390 e. The average molecular weight is 238 g/mol. The Kier molecular flexibility index (Phi) is 2.99. The van der Waals surface area contributed by atoms with E-state index < -0.39 is 5.60 Å². The van der Waals surface area contributed by atoms with Gasteiger partial charge in [0.15, 0.2) is 0 Å². The summed E-state index contributed by atoms with van der Waals surface area (Å²) >= 11 is 0. The van der Waals surface area contributed by atoms with Crippen molar-refractivity contribution in [2.75, 3.05) is 6.61 Å². The average Bonchev–Trinajstić information content (AvgIpc) is 2.19.